The summed E-state index contributed by atoms with van der Waals surface area (Å²) in [6.45, 7) is 11.3. The summed E-state index contributed by atoms with van der Waals surface area (Å²) in [7, 11) is 0. The van der Waals surface area contributed by atoms with Crippen LogP contribution in [0, 0.1) is 5.41 Å². The van der Waals surface area contributed by atoms with Crippen molar-refractivity contribution in [3.05, 3.63) is 29.8 Å². The molecule has 0 aliphatic carbocycles. The number of morpholine rings is 1. The van der Waals surface area contributed by atoms with E-state index in [1.807, 2.05) is 19.1 Å². The van der Waals surface area contributed by atoms with Crippen LogP contribution in [-0.2, 0) is 4.74 Å². The van der Waals surface area contributed by atoms with E-state index in [4.69, 9.17) is 9.47 Å². The predicted octanol–water partition coefficient (Wildman–Crippen LogP) is 3.55. The molecular weight excluding hydrogens is 250 g/mol. The van der Waals surface area contributed by atoms with Gasteiger partial charge in [-0.1, -0.05) is 39.0 Å². The average Bonchev–Trinajstić information content (AvgIpc) is 2.38. The van der Waals surface area contributed by atoms with Crippen LogP contribution in [0.4, 0.5) is 0 Å². The minimum atomic E-state index is 0.0823. The second-order valence-corrected chi connectivity index (χ2v) is 6.64. The first-order chi connectivity index (χ1) is 9.49. The van der Waals surface area contributed by atoms with Gasteiger partial charge in [-0.2, -0.15) is 0 Å². The Morgan fingerprint density at radius 3 is 2.70 bits per heavy atom. The summed E-state index contributed by atoms with van der Waals surface area (Å²) >= 11 is 0. The van der Waals surface area contributed by atoms with Crippen molar-refractivity contribution in [1.82, 2.24) is 5.32 Å². The molecule has 1 aromatic carbocycles. The van der Waals surface area contributed by atoms with Crippen molar-refractivity contribution in [2.24, 2.45) is 5.41 Å². The molecule has 3 heteroatoms. The molecule has 0 amide bonds. The SMILES string of the molecule is CCOc1ccccc1C1CNCC(CC(C)(C)C)O1. The summed E-state index contributed by atoms with van der Waals surface area (Å²) in [5, 5.41) is 3.49. The number of para-hydroxylation sites is 1. The maximum Gasteiger partial charge on any atom is 0.125 e. The van der Waals surface area contributed by atoms with Gasteiger partial charge in [-0.3, -0.25) is 0 Å². The van der Waals surface area contributed by atoms with Crippen molar-refractivity contribution >= 4 is 0 Å². The van der Waals surface area contributed by atoms with Crippen LogP contribution in [-0.4, -0.2) is 25.8 Å². The van der Waals surface area contributed by atoms with E-state index in [-0.39, 0.29) is 17.6 Å². The number of ether oxygens (including phenoxy) is 2. The van der Waals surface area contributed by atoms with Crippen LogP contribution in [0.3, 0.4) is 0 Å². The van der Waals surface area contributed by atoms with Gasteiger partial charge in [-0.15, -0.1) is 0 Å². The summed E-state index contributed by atoms with van der Waals surface area (Å²) < 4.78 is 12.0. The second kappa shape index (κ2) is 6.59. The highest BCUT2D eigenvalue weighted by molar-refractivity contribution is 5.35. The quantitative estimate of drug-likeness (QED) is 0.913. The number of rotatable bonds is 4. The molecule has 0 bridgehead atoms. The highest BCUT2D eigenvalue weighted by Gasteiger charge is 2.28. The summed E-state index contributed by atoms with van der Waals surface area (Å²) in [4.78, 5) is 0. The predicted molar refractivity (Wildman–Crippen MR) is 82.2 cm³/mol. The van der Waals surface area contributed by atoms with Crippen LogP contribution < -0.4 is 10.1 Å². The highest BCUT2D eigenvalue weighted by Crippen LogP contribution is 2.32. The molecule has 112 valence electrons. The lowest BCUT2D eigenvalue weighted by Crippen LogP contribution is -2.42. The zero-order chi connectivity index (χ0) is 14.6. The van der Waals surface area contributed by atoms with Crippen molar-refractivity contribution in [2.75, 3.05) is 19.7 Å². The maximum atomic E-state index is 6.29. The molecule has 1 N–H and O–H groups in total. The molecule has 2 unspecified atom stereocenters. The van der Waals surface area contributed by atoms with Crippen LogP contribution in [0.5, 0.6) is 5.75 Å². The lowest BCUT2D eigenvalue weighted by atomic mass is 9.88. The molecule has 1 fully saturated rings. The van der Waals surface area contributed by atoms with E-state index in [9.17, 15) is 0 Å². The van der Waals surface area contributed by atoms with Gasteiger partial charge in [0.15, 0.2) is 0 Å². The van der Waals surface area contributed by atoms with Gasteiger partial charge in [0.1, 0.15) is 5.75 Å². The molecule has 3 nitrogen and oxygen atoms in total. The van der Waals surface area contributed by atoms with E-state index in [1.165, 1.54) is 0 Å². The van der Waals surface area contributed by atoms with Crippen LogP contribution in [0.15, 0.2) is 24.3 Å². The molecule has 0 aromatic heterocycles. The van der Waals surface area contributed by atoms with E-state index < -0.39 is 0 Å². The minimum Gasteiger partial charge on any atom is -0.493 e. The van der Waals surface area contributed by atoms with Gasteiger partial charge in [-0.25, -0.2) is 0 Å². The Labute approximate surface area is 122 Å². The van der Waals surface area contributed by atoms with E-state index in [0.717, 1.165) is 30.8 Å². The standard InChI is InChI=1S/C17H27NO2/c1-5-19-15-9-7-6-8-14(15)16-12-18-11-13(20-16)10-17(2,3)4/h6-9,13,16,18H,5,10-12H2,1-4H3. The topological polar surface area (TPSA) is 30.5 Å². The van der Waals surface area contributed by atoms with Gasteiger partial charge in [-0.05, 0) is 24.8 Å². The fourth-order valence-electron chi connectivity index (χ4n) is 2.72. The lowest BCUT2D eigenvalue weighted by Gasteiger charge is -2.35. The van der Waals surface area contributed by atoms with Crippen molar-refractivity contribution in [1.29, 1.82) is 0 Å². The van der Waals surface area contributed by atoms with Gasteiger partial charge in [0.25, 0.3) is 0 Å². The molecule has 20 heavy (non-hydrogen) atoms. The second-order valence-electron chi connectivity index (χ2n) is 6.64. The Morgan fingerprint density at radius 2 is 2.00 bits per heavy atom. The largest absolute Gasteiger partial charge is 0.493 e. The third-order valence-corrected chi connectivity index (χ3v) is 3.46. The fourth-order valence-corrected chi connectivity index (χ4v) is 2.72. The number of hydrogen-bond donors (Lipinski definition) is 1. The van der Waals surface area contributed by atoms with Crippen molar-refractivity contribution in [2.45, 2.75) is 46.3 Å². The van der Waals surface area contributed by atoms with Crippen LogP contribution in [0.2, 0.25) is 0 Å². The van der Waals surface area contributed by atoms with Gasteiger partial charge in [0.05, 0.1) is 18.8 Å². The zero-order valence-corrected chi connectivity index (χ0v) is 13.1. The average molecular weight is 277 g/mol. The molecular formula is C17H27NO2. The fraction of sp³-hybridized carbons (Fsp3) is 0.647. The molecule has 0 saturated carbocycles. The molecule has 0 radical (unpaired) electrons. The van der Waals surface area contributed by atoms with Crippen molar-refractivity contribution in [3.63, 3.8) is 0 Å². The Hall–Kier alpha value is -1.06. The van der Waals surface area contributed by atoms with E-state index in [0.29, 0.717) is 6.61 Å². The monoisotopic (exact) mass is 277 g/mol. The summed E-state index contributed by atoms with van der Waals surface area (Å²) in [5.41, 5.74) is 1.44. The molecule has 1 aromatic rings. The molecule has 1 heterocycles. The number of benzene rings is 1. The number of hydrogen-bond acceptors (Lipinski definition) is 3. The van der Waals surface area contributed by atoms with E-state index >= 15 is 0 Å². The molecule has 0 spiro atoms. The zero-order valence-electron chi connectivity index (χ0n) is 13.1. The Bertz CT molecular complexity index is 425. The summed E-state index contributed by atoms with van der Waals surface area (Å²) in [6, 6.07) is 8.19. The van der Waals surface area contributed by atoms with Crippen molar-refractivity contribution < 1.29 is 9.47 Å². The Balaban J connectivity index is 2.09. The van der Waals surface area contributed by atoms with E-state index in [1.54, 1.807) is 0 Å². The van der Waals surface area contributed by atoms with Gasteiger partial charge in [0, 0.05) is 18.7 Å². The first kappa shape index (κ1) is 15.3. The lowest BCUT2D eigenvalue weighted by molar-refractivity contribution is -0.0561. The van der Waals surface area contributed by atoms with Crippen LogP contribution in [0.25, 0.3) is 0 Å². The van der Waals surface area contributed by atoms with Crippen LogP contribution >= 0.6 is 0 Å². The third-order valence-electron chi connectivity index (χ3n) is 3.46. The molecule has 1 aliphatic rings. The van der Waals surface area contributed by atoms with Crippen LogP contribution in [0.1, 0.15) is 45.8 Å². The maximum absolute atomic E-state index is 6.29. The highest BCUT2D eigenvalue weighted by atomic mass is 16.5. The first-order valence-electron chi connectivity index (χ1n) is 7.57. The van der Waals surface area contributed by atoms with Crippen molar-refractivity contribution in [3.8, 4) is 5.75 Å². The Morgan fingerprint density at radius 1 is 1.25 bits per heavy atom. The summed E-state index contributed by atoms with van der Waals surface area (Å²) in [6.07, 6.45) is 1.41. The smallest absolute Gasteiger partial charge is 0.125 e. The third kappa shape index (κ3) is 4.22. The summed E-state index contributed by atoms with van der Waals surface area (Å²) in [5.74, 6) is 0.943. The Kier molecular flexibility index (Phi) is 5.06. The molecule has 2 atom stereocenters. The minimum absolute atomic E-state index is 0.0823. The molecule has 1 saturated heterocycles. The molecule has 1 aliphatic heterocycles. The van der Waals surface area contributed by atoms with Gasteiger partial charge < -0.3 is 14.8 Å². The normalized spacial score (nSPS) is 23.6. The first-order valence-corrected chi connectivity index (χ1v) is 7.57. The van der Waals surface area contributed by atoms with E-state index in [2.05, 4.69) is 38.2 Å². The number of nitrogens with one attached hydrogen (secondary N) is 1. The molecule has 2 rings (SSSR count). The van der Waals surface area contributed by atoms with Gasteiger partial charge >= 0.3 is 0 Å². The van der Waals surface area contributed by atoms with Gasteiger partial charge in [0.2, 0.25) is 0 Å².